The van der Waals surface area contributed by atoms with Gasteiger partial charge in [0.2, 0.25) is 0 Å². The van der Waals surface area contributed by atoms with Gasteiger partial charge in [-0.15, -0.1) is 11.8 Å². The van der Waals surface area contributed by atoms with Crippen molar-refractivity contribution in [1.82, 2.24) is 5.32 Å². The second-order valence-corrected chi connectivity index (χ2v) is 5.78. The smallest absolute Gasteiger partial charge is 0.0191 e. The molecule has 1 nitrogen and oxygen atoms in total. The summed E-state index contributed by atoms with van der Waals surface area (Å²) in [4.78, 5) is 1.43. The van der Waals surface area contributed by atoms with Gasteiger partial charge < -0.3 is 5.32 Å². The Hall–Kier alpha value is -0.470. The van der Waals surface area contributed by atoms with Crippen molar-refractivity contribution >= 4 is 11.8 Å². The van der Waals surface area contributed by atoms with E-state index in [9.17, 15) is 0 Å². The van der Waals surface area contributed by atoms with Crippen LogP contribution in [0.1, 0.15) is 24.5 Å². The molecule has 1 aromatic carbocycles. The van der Waals surface area contributed by atoms with E-state index in [-0.39, 0.29) is 0 Å². The molecular weight excluding hydrogens is 202 g/mol. The second kappa shape index (κ2) is 5.04. The molecule has 0 saturated carbocycles. The quantitative estimate of drug-likeness (QED) is 0.785. The highest BCUT2D eigenvalue weighted by molar-refractivity contribution is 8.00. The number of fused-ring (bicyclic) bond motifs is 1. The summed E-state index contributed by atoms with van der Waals surface area (Å²) in [5.74, 6) is 0. The van der Waals surface area contributed by atoms with Crippen LogP contribution in [0.4, 0.5) is 0 Å². The summed E-state index contributed by atoms with van der Waals surface area (Å²) in [5, 5.41) is 3.87. The van der Waals surface area contributed by atoms with Crippen LogP contribution in [0.15, 0.2) is 23.1 Å². The minimum Gasteiger partial charge on any atom is -0.319 e. The predicted octanol–water partition coefficient (Wildman–Crippen LogP) is 2.88. The van der Waals surface area contributed by atoms with E-state index in [1.54, 1.807) is 11.1 Å². The number of nitrogens with one attached hydrogen (secondary N) is 1. The Labute approximate surface area is 96.7 Å². The number of hydrogen-bond acceptors (Lipinski definition) is 2. The van der Waals surface area contributed by atoms with Gasteiger partial charge >= 0.3 is 0 Å². The molecule has 15 heavy (non-hydrogen) atoms. The molecule has 0 saturated heterocycles. The number of benzene rings is 1. The number of rotatable bonds is 4. The molecule has 1 atom stereocenters. The largest absolute Gasteiger partial charge is 0.319 e. The van der Waals surface area contributed by atoms with E-state index in [1.807, 2.05) is 18.8 Å². The fraction of sp³-hybridized carbons (Fsp3) is 0.538. The molecule has 0 aliphatic heterocycles. The highest BCUT2D eigenvalue weighted by Gasteiger charge is 2.11. The number of aryl methyl sites for hydroxylation is 2. The van der Waals surface area contributed by atoms with Crippen molar-refractivity contribution in [1.29, 1.82) is 0 Å². The monoisotopic (exact) mass is 221 g/mol. The molecule has 0 bridgehead atoms. The van der Waals surface area contributed by atoms with Gasteiger partial charge in [0.15, 0.2) is 0 Å². The van der Waals surface area contributed by atoms with Gasteiger partial charge in [0.1, 0.15) is 0 Å². The summed E-state index contributed by atoms with van der Waals surface area (Å²) in [6.07, 6.45) is 3.91. The topological polar surface area (TPSA) is 12.0 Å². The van der Waals surface area contributed by atoms with Gasteiger partial charge in [-0.05, 0) is 49.6 Å². The first-order valence-corrected chi connectivity index (χ1v) is 6.60. The molecule has 0 fully saturated rings. The summed E-state index contributed by atoms with van der Waals surface area (Å²) in [6, 6.07) is 6.98. The van der Waals surface area contributed by atoms with Crippen LogP contribution < -0.4 is 5.32 Å². The SMILES string of the molecule is CNCC(C)Sc1ccc2c(c1)CCC2. The average molecular weight is 221 g/mol. The number of thioether (sulfide) groups is 1. The maximum absolute atomic E-state index is 3.22. The molecule has 2 heteroatoms. The highest BCUT2D eigenvalue weighted by Crippen LogP contribution is 2.29. The van der Waals surface area contributed by atoms with Crippen molar-refractivity contribution in [2.45, 2.75) is 36.3 Å². The van der Waals surface area contributed by atoms with Gasteiger partial charge in [-0.1, -0.05) is 13.0 Å². The predicted molar refractivity (Wildman–Crippen MR) is 67.7 cm³/mol. The lowest BCUT2D eigenvalue weighted by atomic mass is 10.1. The lowest BCUT2D eigenvalue weighted by Gasteiger charge is -2.11. The lowest BCUT2D eigenvalue weighted by molar-refractivity contribution is 0.785. The van der Waals surface area contributed by atoms with E-state index in [4.69, 9.17) is 0 Å². The van der Waals surface area contributed by atoms with E-state index in [0.29, 0.717) is 5.25 Å². The van der Waals surface area contributed by atoms with E-state index < -0.39 is 0 Å². The zero-order valence-corrected chi connectivity index (χ0v) is 10.4. The molecule has 0 aromatic heterocycles. The Balaban J connectivity index is 2.03. The van der Waals surface area contributed by atoms with Gasteiger partial charge in [-0.2, -0.15) is 0 Å². The third kappa shape index (κ3) is 2.76. The summed E-state index contributed by atoms with van der Waals surface area (Å²) >= 11 is 1.97. The molecule has 82 valence electrons. The molecule has 0 heterocycles. The Bertz CT molecular complexity index is 335. The van der Waals surface area contributed by atoms with Crippen LogP contribution in [0.3, 0.4) is 0 Å². The average Bonchev–Trinajstić information content (AvgIpc) is 2.65. The van der Waals surface area contributed by atoms with Gasteiger partial charge in [0, 0.05) is 16.7 Å². The van der Waals surface area contributed by atoms with Gasteiger partial charge in [0.25, 0.3) is 0 Å². The van der Waals surface area contributed by atoms with Crippen LogP contribution >= 0.6 is 11.8 Å². The van der Waals surface area contributed by atoms with Crippen LogP contribution in [-0.2, 0) is 12.8 Å². The van der Waals surface area contributed by atoms with Gasteiger partial charge in [-0.3, -0.25) is 0 Å². The zero-order valence-electron chi connectivity index (χ0n) is 9.55. The van der Waals surface area contributed by atoms with E-state index in [0.717, 1.165) is 6.54 Å². The van der Waals surface area contributed by atoms with E-state index in [2.05, 4.69) is 30.4 Å². The van der Waals surface area contributed by atoms with Crippen molar-refractivity contribution in [3.63, 3.8) is 0 Å². The number of hydrogen-bond donors (Lipinski definition) is 1. The maximum atomic E-state index is 3.22. The molecule has 1 aliphatic rings. The van der Waals surface area contributed by atoms with E-state index >= 15 is 0 Å². The van der Waals surface area contributed by atoms with Crippen molar-refractivity contribution in [3.8, 4) is 0 Å². The zero-order chi connectivity index (χ0) is 10.7. The van der Waals surface area contributed by atoms with Crippen LogP contribution in [0.2, 0.25) is 0 Å². The maximum Gasteiger partial charge on any atom is 0.0191 e. The first-order chi connectivity index (χ1) is 7.29. The summed E-state index contributed by atoms with van der Waals surface area (Å²) in [7, 11) is 2.01. The Kier molecular flexibility index (Phi) is 3.71. The highest BCUT2D eigenvalue weighted by atomic mass is 32.2. The molecule has 0 radical (unpaired) electrons. The molecule has 1 aromatic rings. The first-order valence-electron chi connectivity index (χ1n) is 5.72. The Morgan fingerprint density at radius 2 is 2.13 bits per heavy atom. The van der Waals surface area contributed by atoms with Crippen molar-refractivity contribution < 1.29 is 0 Å². The fourth-order valence-corrected chi connectivity index (χ4v) is 3.25. The second-order valence-electron chi connectivity index (χ2n) is 4.27. The van der Waals surface area contributed by atoms with Crippen molar-refractivity contribution in [2.24, 2.45) is 0 Å². The molecule has 0 spiro atoms. The van der Waals surface area contributed by atoms with Crippen LogP contribution in [0.25, 0.3) is 0 Å². The van der Waals surface area contributed by atoms with Crippen LogP contribution in [0.5, 0.6) is 0 Å². The molecule has 0 amide bonds. The van der Waals surface area contributed by atoms with Crippen molar-refractivity contribution in [3.05, 3.63) is 29.3 Å². The third-order valence-electron chi connectivity index (χ3n) is 2.90. The van der Waals surface area contributed by atoms with Crippen LogP contribution in [-0.4, -0.2) is 18.8 Å². The summed E-state index contributed by atoms with van der Waals surface area (Å²) in [5.41, 5.74) is 3.15. The summed E-state index contributed by atoms with van der Waals surface area (Å²) in [6.45, 7) is 3.34. The van der Waals surface area contributed by atoms with Crippen LogP contribution in [0, 0.1) is 0 Å². The molecule has 1 aliphatic carbocycles. The minimum atomic E-state index is 0.648. The molecule has 1 N–H and O–H groups in total. The molecule has 1 unspecified atom stereocenters. The molecular formula is C13H19NS. The Morgan fingerprint density at radius 1 is 1.33 bits per heavy atom. The van der Waals surface area contributed by atoms with Gasteiger partial charge in [-0.25, -0.2) is 0 Å². The summed E-state index contributed by atoms with van der Waals surface area (Å²) < 4.78 is 0. The molecule has 2 rings (SSSR count). The lowest BCUT2D eigenvalue weighted by Crippen LogP contribution is -2.17. The third-order valence-corrected chi connectivity index (χ3v) is 3.99. The van der Waals surface area contributed by atoms with Gasteiger partial charge in [0.05, 0.1) is 0 Å². The minimum absolute atomic E-state index is 0.648. The van der Waals surface area contributed by atoms with E-state index in [1.165, 1.54) is 24.2 Å². The normalized spacial score (nSPS) is 16.4. The Morgan fingerprint density at radius 3 is 2.93 bits per heavy atom. The van der Waals surface area contributed by atoms with Crippen molar-refractivity contribution in [2.75, 3.05) is 13.6 Å². The standard InChI is InChI=1S/C13H19NS/c1-10(9-14-2)15-13-7-6-11-4-3-5-12(11)8-13/h6-8,10,14H,3-5,9H2,1-2H3. The fourth-order valence-electron chi connectivity index (χ4n) is 2.18. The first kappa shape index (κ1) is 11.0.